The molecule has 16 aromatic rings. The first-order valence-corrected chi connectivity index (χ1v) is 40.2. The van der Waals surface area contributed by atoms with Gasteiger partial charge < -0.3 is 21.3 Å². The van der Waals surface area contributed by atoms with Crippen molar-refractivity contribution in [3.63, 3.8) is 0 Å². The quantitative estimate of drug-likeness (QED) is 0.0150. The fourth-order valence-electron chi connectivity index (χ4n) is 12.1. The number of hydrazone groups is 4. The van der Waals surface area contributed by atoms with E-state index in [2.05, 4.69) is 143 Å². The number of halogens is 15. The van der Waals surface area contributed by atoms with Gasteiger partial charge in [0.15, 0.2) is 17.5 Å². The summed E-state index contributed by atoms with van der Waals surface area (Å²) in [6.07, 6.45) is 5.91. The molecule has 0 unspecified atom stereocenters. The van der Waals surface area contributed by atoms with Gasteiger partial charge in [-0.2, -0.15) is 73.1 Å². The summed E-state index contributed by atoms with van der Waals surface area (Å²) in [7, 11) is 0. The number of nitrogens with one attached hydrogen (secondary N) is 8. The van der Waals surface area contributed by atoms with Crippen molar-refractivity contribution in [1.82, 2.24) is 79.7 Å². The molecular formula is C93H71F15N28. The minimum Gasteiger partial charge on any atom is -0.354 e. The van der Waals surface area contributed by atoms with Gasteiger partial charge in [0.2, 0.25) is 23.8 Å². The number of pyridine rings is 8. The van der Waals surface area contributed by atoms with Crippen LogP contribution in [0.15, 0.2) is 295 Å². The highest BCUT2D eigenvalue weighted by molar-refractivity contribution is 5.81. The second kappa shape index (κ2) is 44.4. The molecule has 0 amide bonds. The molecule has 12 heterocycles. The van der Waals surface area contributed by atoms with Crippen molar-refractivity contribution in [2.45, 2.75) is 58.8 Å². The number of hydrogen-bond donors (Lipinski definition) is 8. The van der Waals surface area contributed by atoms with Crippen molar-refractivity contribution in [2.75, 3.05) is 43.0 Å². The first-order chi connectivity index (χ1) is 65.3. The summed E-state index contributed by atoms with van der Waals surface area (Å²) in [5.74, 6) is -1.21. The maximum atomic E-state index is 14.3. The smallest absolute Gasteiger partial charge is 0.354 e. The summed E-state index contributed by atoms with van der Waals surface area (Å²) in [5, 5.41) is 27.7. The van der Waals surface area contributed by atoms with E-state index in [1.807, 2.05) is 32.9 Å². The molecule has 43 heteroatoms. The molecule has 0 atom stereocenters. The van der Waals surface area contributed by atoms with Crippen molar-refractivity contribution in [3.05, 3.63) is 360 Å². The van der Waals surface area contributed by atoms with E-state index in [0.29, 0.717) is 91.8 Å². The predicted molar refractivity (Wildman–Crippen MR) is 485 cm³/mol. The molecule has 0 aliphatic heterocycles. The molecule has 0 aliphatic rings. The highest BCUT2D eigenvalue weighted by Gasteiger charge is 2.34. The average Bonchev–Trinajstić information content (AvgIpc) is 0.820. The van der Waals surface area contributed by atoms with Gasteiger partial charge in [0.25, 0.3) is 0 Å². The lowest BCUT2D eigenvalue weighted by molar-refractivity contribution is -0.138. The molecule has 8 N–H and O–H groups in total. The van der Waals surface area contributed by atoms with E-state index in [0.717, 1.165) is 89.6 Å². The van der Waals surface area contributed by atoms with Crippen LogP contribution >= 0.6 is 0 Å². The van der Waals surface area contributed by atoms with E-state index in [1.54, 1.807) is 129 Å². The van der Waals surface area contributed by atoms with E-state index in [4.69, 9.17) is 0 Å². The third-order valence-corrected chi connectivity index (χ3v) is 18.4. The lowest BCUT2D eigenvalue weighted by Gasteiger charge is -2.10. The van der Waals surface area contributed by atoms with Crippen LogP contribution in [0.25, 0.3) is 45.2 Å². The standard InChI is InChI=1S/C24H19F4N7.C24H20F3N7.C23H17F4N7.C22H15F4N7/c1-2-21-19(7-4-10-29-21)22-20(25)14-31-23(34-22)35-32-13-17-8-9-18(12-30-17)33-16-6-3-5-15(11-16)24(26,27)28;1-15-8-17(12-28-11-15)22-9-16(2)31-23(33-22)34-30-14-20-6-7-21(13-29-20)32-19-5-3-4-18(10-19)24(25,26)27;1-14-19(6-3-9-28-14)21-20(24)13-30-22(33-21)34-31-12-17-7-8-18(11-29-17)32-16-5-2-4-15(10-16)23(25,26)27;23-18-13-29-21(32-20(18)19-6-1-2-9-27-19)33-30-12-16-7-8-17(11-28-16)31-15-5-3-4-14(10-15)22(24,25)26/h3-14,33H,2H2,1H3,(H,31,34,35);3-14,32H,1-2H3,(H,31,33,34);2-13,32H,1H3,(H,30,33,34);1-13,31H,(H,29,32,33)/b32-13+;30-14+;31-12+;30-12+. The Hall–Kier alpha value is -17.6. The van der Waals surface area contributed by atoms with Crippen LogP contribution in [0.2, 0.25) is 0 Å². The molecular weight excluding hydrogens is 1790 g/mol. The van der Waals surface area contributed by atoms with Crippen LogP contribution < -0.4 is 43.0 Å². The summed E-state index contributed by atoms with van der Waals surface area (Å²) in [4.78, 5) is 66.3. The van der Waals surface area contributed by atoms with Gasteiger partial charge >= 0.3 is 24.7 Å². The number of aryl methyl sites for hydroxylation is 4. The summed E-state index contributed by atoms with van der Waals surface area (Å²) >= 11 is 0. The van der Waals surface area contributed by atoms with Gasteiger partial charge in [-0.1, -0.05) is 37.3 Å². The van der Waals surface area contributed by atoms with Gasteiger partial charge in [-0.15, -0.1) is 0 Å². The Kier molecular flexibility index (Phi) is 31.3. The van der Waals surface area contributed by atoms with Gasteiger partial charge in [0.1, 0.15) is 17.1 Å². The van der Waals surface area contributed by atoms with Gasteiger partial charge in [-0.05, 0) is 203 Å². The van der Waals surface area contributed by atoms with Gasteiger partial charge in [0, 0.05) is 87.5 Å². The largest absolute Gasteiger partial charge is 0.416 e. The zero-order chi connectivity index (χ0) is 96.4. The molecule has 0 saturated heterocycles. The number of alkyl halides is 12. The molecule has 0 saturated carbocycles. The Labute approximate surface area is 763 Å². The summed E-state index contributed by atoms with van der Waals surface area (Å²) < 4.78 is 197. The number of nitrogens with zero attached hydrogens (tertiary/aromatic N) is 20. The van der Waals surface area contributed by atoms with Crippen LogP contribution in [0.5, 0.6) is 0 Å². The van der Waals surface area contributed by atoms with Crippen LogP contribution in [-0.4, -0.2) is 105 Å². The maximum Gasteiger partial charge on any atom is 0.416 e. The summed E-state index contributed by atoms with van der Waals surface area (Å²) in [6.45, 7) is 7.49. The van der Waals surface area contributed by atoms with E-state index in [9.17, 15) is 65.9 Å². The van der Waals surface area contributed by atoms with Crippen LogP contribution in [-0.2, 0) is 31.1 Å². The lowest BCUT2D eigenvalue weighted by Crippen LogP contribution is -2.05. The molecule has 688 valence electrons. The Morgan fingerprint density at radius 3 is 1.04 bits per heavy atom. The van der Waals surface area contributed by atoms with E-state index in [-0.39, 0.29) is 52.0 Å². The minimum absolute atomic E-state index is 0.0337. The molecule has 0 fully saturated rings. The maximum absolute atomic E-state index is 14.3. The predicted octanol–water partition coefficient (Wildman–Crippen LogP) is 22.5. The molecule has 12 aromatic heterocycles. The van der Waals surface area contributed by atoms with E-state index >= 15 is 0 Å². The first-order valence-electron chi connectivity index (χ1n) is 40.2. The Morgan fingerprint density at radius 1 is 0.301 bits per heavy atom. The molecule has 0 bridgehead atoms. The van der Waals surface area contributed by atoms with E-state index in [1.165, 1.54) is 98.3 Å². The monoisotopic (exact) mass is 1860 g/mol. The zero-order valence-corrected chi connectivity index (χ0v) is 71.1. The fraction of sp³-hybridized carbons (Fsp3) is 0.0968. The molecule has 0 aliphatic carbocycles. The van der Waals surface area contributed by atoms with Crippen LogP contribution in [0.4, 0.5) is 135 Å². The molecule has 136 heavy (non-hydrogen) atoms. The molecule has 0 spiro atoms. The molecule has 16 rings (SSSR count). The van der Waals surface area contributed by atoms with Crippen molar-refractivity contribution < 1.29 is 65.9 Å². The normalized spacial score (nSPS) is 11.6. The second-order valence-electron chi connectivity index (χ2n) is 28.5. The Morgan fingerprint density at radius 2 is 0.676 bits per heavy atom. The third kappa shape index (κ3) is 28.0. The van der Waals surface area contributed by atoms with Crippen molar-refractivity contribution >= 4 is 94.2 Å². The highest BCUT2D eigenvalue weighted by Crippen LogP contribution is 2.37. The van der Waals surface area contributed by atoms with Gasteiger partial charge in [-0.25, -0.2) is 74.7 Å². The van der Waals surface area contributed by atoms with Crippen molar-refractivity contribution in [2.24, 2.45) is 20.4 Å². The number of benzene rings is 4. The first kappa shape index (κ1) is 96.0. The molecule has 28 nitrogen and oxygen atoms in total. The topological polar surface area (TPSA) is 352 Å². The minimum atomic E-state index is -4.42. The van der Waals surface area contributed by atoms with Crippen molar-refractivity contribution in [3.8, 4) is 45.2 Å². The Balaban J connectivity index is 0.000000153. The zero-order valence-electron chi connectivity index (χ0n) is 71.1. The van der Waals surface area contributed by atoms with Crippen LogP contribution in [0.1, 0.15) is 74.6 Å². The third-order valence-electron chi connectivity index (χ3n) is 18.4. The second-order valence-corrected chi connectivity index (χ2v) is 28.5. The number of hydrogen-bond acceptors (Lipinski definition) is 28. The summed E-state index contributed by atoms with van der Waals surface area (Å²) in [6, 6.07) is 48.5. The van der Waals surface area contributed by atoms with Crippen LogP contribution in [0, 0.1) is 38.2 Å². The van der Waals surface area contributed by atoms with Crippen molar-refractivity contribution in [1.29, 1.82) is 0 Å². The highest BCUT2D eigenvalue weighted by atomic mass is 19.4. The lowest BCUT2D eigenvalue weighted by atomic mass is 10.1. The SMILES string of the molecule is CCc1ncccc1-c1nc(N/N=C/c2ccc(Nc3cccc(C(F)(F)F)c3)cn2)ncc1F.Cc1cncc(-c2cc(C)nc(N/N=C/c3ccc(Nc4cccc(C(F)(F)F)c4)cn3)n2)c1.Cc1ncccc1-c1nc(N/N=C/c2ccc(Nc3cccc(C(F)(F)F)c3)cn2)ncc1F.Fc1cnc(N/N=C/c2ccc(Nc3cccc(C(F)(F)F)c3)cn2)nc1-c1ccccn1. The van der Waals surface area contributed by atoms with Crippen LogP contribution in [0.3, 0.4) is 0 Å². The fourth-order valence-corrected chi connectivity index (χ4v) is 12.1. The van der Waals surface area contributed by atoms with Gasteiger partial charge in [-0.3, -0.25) is 39.9 Å². The number of anilines is 12. The molecule has 0 radical (unpaired) electrons. The average molecular weight is 1870 g/mol. The number of aromatic nitrogens is 16. The molecule has 4 aromatic carbocycles. The summed E-state index contributed by atoms with van der Waals surface area (Å²) in [5.41, 5.74) is 19.3. The number of rotatable bonds is 25. The Bertz CT molecular complexity index is 6880. The van der Waals surface area contributed by atoms with Gasteiger partial charge in [0.05, 0.1) is 147 Å². The van der Waals surface area contributed by atoms with E-state index < -0.39 is 64.4 Å².